The molecule has 1 aromatic carbocycles. The number of rotatable bonds is 5. The van der Waals surface area contributed by atoms with E-state index in [1.807, 2.05) is 31.9 Å². The molecule has 0 spiro atoms. The van der Waals surface area contributed by atoms with Gasteiger partial charge in [-0.25, -0.2) is 0 Å². The molecule has 5 heteroatoms. The van der Waals surface area contributed by atoms with Gasteiger partial charge in [0.2, 0.25) is 5.91 Å². The minimum Gasteiger partial charge on any atom is -0.361 e. The lowest BCUT2D eigenvalue weighted by Gasteiger charge is -2.34. The highest BCUT2D eigenvalue weighted by atomic mass is 16.5. The lowest BCUT2D eigenvalue weighted by Crippen LogP contribution is -2.43. The van der Waals surface area contributed by atoms with Gasteiger partial charge in [0, 0.05) is 25.7 Å². The van der Waals surface area contributed by atoms with Crippen molar-refractivity contribution in [2.24, 2.45) is 5.92 Å². The van der Waals surface area contributed by atoms with Crippen molar-refractivity contribution in [3.63, 3.8) is 0 Å². The van der Waals surface area contributed by atoms with Gasteiger partial charge in [0.15, 0.2) is 0 Å². The summed E-state index contributed by atoms with van der Waals surface area (Å²) in [7, 11) is 1.88. The second-order valence-corrected chi connectivity index (χ2v) is 7.06. The summed E-state index contributed by atoms with van der Waals surface area (Å²) >= 11 is 0. The van der Waals surface area contributed by atoms with Crippen LogP contribution in [0.3, 0.4) is 0 Å². The van der Waals surface area contributed by atoms with Crippen molar-refractivity contribution in [1.82, 2.24) is 15.0 Å². The van der Waals surface area contributed by atoms with Crippen molar-refractivity contribution in [3.8, 4) is 0 Å². The van der Waals surface area contributed by atoms with Crippen LogP contribution in [0.5, 0.6) is 0 Å². The highest BCUT2D eigenvalue weighted by molar-refractivity contribution is 5.79. The van der Waals surface area contributed by atoms with Gasteiger partial charge in [0.05, 0.1) is 18.2 Å². The van der Waals surface area contributed by atoms with E-state index in [-0.39, 0.29) is 11.8 Å². The Morgan fingerprint density at radius 3 is 2.76 bits per heavy atom. The van der Waals surface area contributed by atoms with Crippen LogP contribution in [-0.4, -0.2) is 41.0 Å². The van der Waals surface area contributed by atoms with Gasteiger partial charge in [-0.1, -0.05) is 35.5 Å². The zero-order valence-electron chi connectivity index (χ0n) is 15.4. The fourth-order valence-corrected chi connectivity index (χ4v) is 3.60. The molecule has 5 nitrogen and oxygen atoms in total. The van der Waals surface area contributed by atoms with Crippen molar-refractivity contribution in [3.05, 3.63) is 52.9 Å². The van der Waals surface area contributed by atoms with Crippen LogP contribution in [0.2, 0.25) is 0 Å². The van der Waals surface area contributed by atoms with E-state index in [4.69, 9.17) is 4.52 Å². The SMILES string of the molecule is Cc1noc(C)c1CN(C)C(=O)[C@H]1CCCN(Cc2ccccc2)C1. The summed E-state index contributed by atoms with van der Waals surface area (Å²) in [6, 6.07) is 10.5. The molecule has 1 amide bonds. The van der Waals surface area contributed by atoms with E-state index in [2.05, 4.69) is 34.3 Å². The van der Waals surface area contributed by atoms with Crippen LogP contribution in [0, 0.1) is 19.8 Å². The summed E-state index contributed by atoms with van der Waals surface area (Å²) in [5.74, 6) is 1.09. The number of hydrogen-bond acceptors (Lipinski definition) is 4. The Hall–Kier alpha value is -2.14. The highest BCUT2D eigenvalue weighted by Gasteiger charge is 2.28. The number of nitrogens with zero attached hydrogens (tertiary/aromatic N) is 3. The molecule has 2 aromatic rings. The third-order valence-electron chi connectivity index (χ3n) is 5.06. The average Bonchev–Trinajstić information content (AvgIpc) is 2.94. The summed E-state index contributed by atoms with van der Waals surface area (Å²) < 4.78 is 5.21. The third-order valence-corrected chi connectivity index (χ3v) is 5.06. The average molecular weight is 341 g/mol. The minimum absolute atomic E-state index is 0.0722. The molecule has 1 saturated heterocycles. The minimum atomic E-state index is 0.0722. The van der Waals surface area contributed by atoms with Gasteiger partial charge in [-0.3, -0.25) is 9.69 Å². The molecule has 0 N–H and O–H groups in total. The first kappa shape index (κ1) is 17.7. The highest BCUT2D eigenvalue weighted by Crippen LogP contribution is 2.22. The van der Waals surface area contributed by atoms with E-state index >= 15 is 0 Å². The molecule has 1 aliphatic rings. The molecule has 134 valence electrons. The summed E-state index contributed by atoms with van der Waals surface area (Å²) in [5, 5.41) is 3.98. The van der Waals surface area contributed by atoms with E-state index < -0.39 is 0 Å². The van der Waals surface area contributed by atoms with E-state index in [1.165, 1.54) is 5.56 Å². The zero-order chi connectivity index (χ0) is 17.8. The second kappa shape index (κ2) is 7.83. The van der Waals surface area contributed by atoms with Crippen LogP contribution in [0.15, 0.2) is 34.9 Å². The zero-order valence-corrected chi connectivity index (χ0v) is 15.4. The van der Waals surface area contributed by atoms with E-state index in [0.29, 0.717) is 6.54 Å². The fraction of sp³-hybridized carbons (Fsp3) is 0.500. The first-order valence-corrected chi connectivity index (χ1v) is 8.97. The van der Waals surface area contributed by atoms with Crippen molar-refractivity contribution in [2.75, 3.05) is 20.1 Å². The van der Waals surface area contributed by atoms with Gasteiger partial charge in [-0.2, -0.15) is 0 Å². The Morgan fingerprint density at radius 2 is 2.08 bits per heavy atom. The quantitative estimate of drug-likeness (QED) is 0.838. The molecule has 0 aliphatic carbocycles. The van der Waals surface area contributed by atoms with Gasteiger partial charge in [-0.15, -0.1) is 0 Å². The summed E-state index contributed by atoms with van der Waals surface area (Å²) in [4.78, 5) is 17.1. The maximum atomic E-state index is 12.9. The molecule has 0 unspecified atom stereocenters. The number of piperidine rings is 1. The smallest absolute Gasteiger partial charge is 0.227 e. The maximum absolute atomic E-state index is 12.9. The molecule has 2 heterocycles. The molecule has 0 bridgehead atoms. The largest absolute Gasteiger partial charge is 0.361 e. The number of aromatic nitrogens is 1. The molecule has 1 aliphatic heterocycles. The number of carbonyl (C=O) groups excluding carboxylic acids is 1. The lowest BCUT2D eigenvalue weighted by molar-refractivity contribution is -0.136. The molecule has 3 rings (SSSR count). The van der Waals surface area contributed by atoms with Crippen molar-refractivity contribution in [1.29, 1.82) is 0 Å². The molecule has 1 fully saturated rings. The molecular weight excluding hydrogens is 314 g/mol. The predicted molar refractivity (Wildman–Crippen MR) is 96.9 cm³/mol. The van der Waals surface area contributed by atoms with Crippen molar-refractivity contribution >= 4 is 5.91 Å². The molecule has 25 heavy (non-hydrogen) atoms. The number of hydrogen-bond donors (Lipinski definition) is 0. The number of carbonyl (C=O) groups is 1. The van der Waals surface area contributed by atoms with Gasteiger partial charge in [0.25, 0.3) is 0 Å². The first-order valence-electron chi connectivity index (χ1n) is 8.97. The van der Waals surface area contributed by atoms with E-state index in [1.54, 1.807) is 0 Å². The monoisotopic (exact) mass is 341 g/mol. The topological polar surface area (TPSA) is 49.6 Å². The van der Waals surface area contributed by atoms with Crippen molar-refractivity contribution in [2.45, 2.75) is 39.8 Å². The van der Waals surface area contributed by atoms with Gasteiger partial charge >= 0.3 is 0 Å². The standard InChI is InChI=1S/C20H27N3O2/c1-15-19(16(2)25-21-15)14-22(3)20(24)18-10-7-11-23(13-18)12-17-8-5-4-6-9-17/h4-6,8-9,18H,7,10-14H2,1-3H3/t18-/m0/s1. The number of amides is 1. The lowest BCUT2D eigenvalue weighted by atomic mass is 9.96. The van der Waals surface area contributed by atoms with Crippen LogP contribution < -0.4 is 0 Å². The molecular formula is C20H27N3O2. The Bertz CT molecular complexity index is 691. The summed E-state index contributed by atoms with van der Waals surface area (Å²) in [5.41, 5.74) is 3.19. The normalized spacial score (nSPS) is 18.3. The van der Waals surface area contributed by atoms with Crippen LogP contribution in [-0.2, 0) is 17.9 Å². The van der Waals surface area contributed by atoms with Gasteiger partial charge < -0.3 is 9.42 Å². The van der Waals surface area contributed by atoms with Crippen molar-refractivity contribution < 1.29 is 9.32 Å². The van der Waals surface area contributed by atoms with Gasteiger partial charge in [-0.05, 0) is 38.8 Å². The van der Waals surface area contributed by atoms with Crippen LogP contribution in [0.1, 0.15) is 35.4 Å². The Kier molecular flexibility index (Phi) is 5.53. The predicted octanol–water partition coefficient (Wildman–Crippen LogP) is 3.16. The van der Waals surface area contributed by atoms with Gasteiger partial charge in [0.1, 0.15) is 5.76 Å². The van der Waals surface area contributed by atoms with Crippen LogP contribution >= 0.6 is 0 Å². The second-order valence-electron chi connectivity index (χ2n) is 7.06. The van der Waals surface area contributed by atoms with E-state index in [9.17, 15) is 4.79 Å². The number of aryl methyl sites for hydroxylation is 2. The molecule has 1 aromatic heterocycles. The molecule has 0 radical (unpaired) electrons. The third kappa shape index (κ3) is 4.28. The van der Waals surface area contributed by atoms with E-state index in [0.717, 1.165) is 49.5 Å². The Morgan fingerprint density at radius 1 is 1.32 bits per heavy atom. The molecule has 0 saturated carbocycles. The Labute approximate surface area is 149 Å². The molecule has 1 atom stereocenters. The number of likely N-dealkylation sites (tertiary alicyclic amines) is 1. The number of benzene rings is 1. The Balaban J connectivity index is 1.59. The van der Waals surface area contributed by atoms with Crippen LogP contribution in [0.4, 0.5) is 0 Å². The summed E-state index contributed by atoms with van der Waals surface area (Å²) in [6.07, 6.45) is 2.04. The van der Waals surface area contributed by atoms with Crippen LogP contribution in [0.25, 0.3) is 0 Å². The fourth-order valence-electron chi connectivity index (χ4n) is 3.60. The maximum Gasteiger partial charge on any atom is 0.227 e. The first-order chi connectivity index (χ1) is 12.0. The summed E-state index contributed by atoms with van der Waals surface area (Å²) in [6.45, 7) is 7.20.